The maximum atomic E-state index is 4.91. The number of aromatic nitrogens is 4. The first-order valence-electron chi connectivity index (χ1n) is 10.4. The average Bonchev–Trinajstić information content (AvgIpc) is 3.28. The zero-order valence-corrected chi connectivity index (χ0v) is 17.5. The van der Waals surface area contributed by atoms with Crippen LogP contribution in [0.1, 0.15) is 25.3 Å². The highest BCUT2D eigenvalue weighted by molar-refractivity contribution is 5.92. The Morgan fingerprint density at radius 2 is 1.68 bits per heavy atom. The molecule has 3 aromatic heterocycles. The van der Waals surface area contributed by atoms with E-state index in [4.69, 9.17) is 4.98 Å². The fourth-order valence-electron chi connectivity index (χ4n) is 3.83. The number of nitrogens with zero attached hydrogens (tertiary/aromatic N) is 3. The Kier molecular flexibility index (Phi) is 4.92. The second kappa shape index (κ2) is 8.03. The molecule has 0 spiro atoms. The van der Waals surface area contributed by atoms with Crippen molar-refractivity contribution in [2.75, 3.05) is 5.32 Å². The molecule has 0 aliphatic carbocycles. The standard InChI is InChI=1S/C26H23N5/c1-17(2)21-7-3-4-8-22(21)24-23-13-15-28-25(23)31-26(30-24)29-20-11-9-18(10-12-20)19-6-5-14-27-16-19/h3-17H,1-2H3,(H2,28,29,30,31). The quantitative estimate of drug-likeness (QED) is 0.348. The van der Waals surface area contributed by atoms with E-state index in [0.29, 0.717) is 11.9 Å². The Morgan fingerprint density at radius 3 is 2.45 bits per heavy atom. The highest BCUT2D eigenvalue weighted by Crippen LogP contribution is 2.33. The van der Waals surface area contributed by atoms with Crippen molar-refractivity contribution in [2.24, 2.45) is 0 Å². The molecule has 5 aromatic rings. The Labute approximate surface area is 181 Å². The molecule has 0 amide bonds. The van der Waals surface area contributed by atoms with Gasteiger partial charge in [0.25, 0.3) is 0 Å². The molecule has 31 heavy (non-hydrogen) atoms. The van der Waals surface area contributed by atoms with Gasteiger partial charge in [-0.25, -0.2) is 4.98 Å². The minimum absolute atomic E-state index is 0.400. The topological polar surface area (TPSA) is 66.5 Å². The van der Waals surface area contributed by atoms with Gasteiger partial charge in [-0.2, -0.15) is 4.98 Å². The molecule has 3 heterocycles. The number of pyridine rings is 1. The third kappa shape index (κ3) is 3.78. The first-order valence-corrected chi connectivity index (χ1v) is 10.4. The third-order valence-electron chi connectivity index (χ3n) is 5.39. The molecule has 2 aromatic carbocycles. The fourth-order valence-corrected chi connectivity index (χ4v) is 3.83. The number of aromatic amines is 1. The van der Waals surface area contributed by atoms with Crippen LogP contribution < -0.4 is 5.32 Å². The summed E-state index contributed by atoms with van der Waals surface area (Å²) in [7, 11) is 0. The number of rotatable bonds is 5. The number of anilines is 2. The molecule has 0 fully saturated rings. The van der Waals surface area contributed by atoms with Crippen LogP contribution in [0.4, 0.5) is 11.6 Å². The van der Waals surface area contributed by atoms with Crippen molar-refractivity contribution < 1.29 is 0 Å². The molecule has 0 saturated heterocycles. The minimum Gasteiger partial charge on any atom is -0.346 e. The average molecular weight is 406 g/mol. The SMILES string of the molecule is CC(C)c1ccccc1-c1nc(Nc2ccc(-c3cccnc3)cc2)nc2[nH]ccc12. The summed E-state index contributed by atoms with van der Waals surface area (Å²) in [5.41, 5.74) is 7.30. The Bertz CT molecular complexity index is 1320. The van der Waals surface area contributed by atoms with Crippen molar-refractivity contribution >= 4 is 22.7 Å². The van der Waals surface area contributed by atoms with Gasteiger partial charge >= 0.3 is 0 Å². The van der Waals surface area contributed by atoms with E-state index in [1.54, 1.807) is 6.20 Å². The first-order chi connectivity index (χ1) is 15.2. The zero-order valence-electron chi connectivity index (χ0n) is 17.5. The lowest BCUT2D eigenvalue weighted by atomic mass is 9.94. The Morgan fingerprint density at radius 1 is 0.839 bits per heavy atom. The number of nitrogens with one attached hydrogen (secondary N) is 2. The summed E-state index contributed by atoms with van der Waals surface area (Å²) in [5, 5.41) is 4.38. The van der Waals surface area contributed by atoms with Gasteiger partial charge in [0.2, 0.25) is 5.95 Å². The van der Waals surface area contributed by atoms with Crippen LogP contribution in [0.2, 0.25) is 0 Å². The second-order valence-corrected chi connectivity index (χ2v) is 7.82. The van der Waals surface area contributed by atoms with Gasteiger partial charge in [0.1, 0.15) is 5.65 Å². The monoisotopic (exact) mass is 405 g/mol. The summed E-state index contributed by atoms with van der Waals surface area (Å²) in [6.45, 7) is 4.41. The fraction of sp³-hybridized carbons (Fsp3) is 0.115. The lowest BCUT2D eigenvalue weighted by molar-refractivity contribution is 0.868. The maximum absolute atomic E-state index is 4.91. The molecule has 5 nitrogen and oxygen atoms in total. The van der Waals surface area contributed by atoms with Gasteiger partial charge in [-0.05, 0) is 46.9 Å². The normalized spacial score (nSPS) is 11.2. The number of benzene rings is 2. The van der Waals surface area contributed by atoms with Gasteiger partial charge in [0.05, 0.1) is 5.69 Å². The smallest absolute Gasteiger partial charge is 0.229 e. The van der Waals surface area contributed by atoms with E-state index < -0.39 is 0 Å². The largest absolute Gasteiger partial charge is 0.346 e. The molecule has 0 aliphatic heterocycles. The minimum atomic E-state index is 0.400. The molecule has 0 bridgehead atoms. The highest BCUT2D eigenvalue weighted by Gasteiger charge is 2.15. The van der Waals surface area contributed by atoms with E-state index in [9.17, 15) is 0 Å². The van der Waals surface area contributed by atoms with E-state index >= 15 is 0 Å². The van der Waals surface area contributed by atoms with Crippen molar-refractivity contribution in [2.45, 2.75) is 19.8 Å². The molecule has 5 rings (SSSR count). The first kappa shape index (κ1) is 19.0. The van der Waals surface area contributed by atoms with Gasteiger partial charge in [-0.15, -0.1) is 0 Å². The van der Waals surface area contributed by atoms with Gasteiger partial charge in [0, 0.05) is 35.2 Å². The van der Waals surface area contributed by atoms with E-state index in [1.807, 2.05) is 36.7 Å². The van der Waals surface area contributed by atoms with Gasteiger partial charge in [-0.1, -0.05) is 56.3 Å². The summed E-state index contributed by atoms with van der Waals surface area (Å²) >= 11 is 0. The third-order valence-corrected chi connectivity index (χ3v) is 5.39. The van der Waals surface area contributed by atoms with Crippen LogP contribution in [0, 0.1) is 0 Å². The zero-order chi connectivity index (χ0) is 21.2. The van der Waals surface area contributed by atoms with Crippen molar-refractivity contribution in [3.8, 4) is 22.4 Å². The van der Waals surface area contributed by atoms with Crippen LogP contribution in [0.15, 0.2) is 85.3 Å². The summed E-state index contributed by atoms with van der Waals surface area (Å²) in [6.07, 6.45) is 5.55. The lowest BCUT2D eigenvalue weighted by Gasteiger charge is -2.14. The maximum Gasteiger partial charge on any atom is 0.229 e. The molecular formula is C26H23N5. The molecule has 0 aliphatic rings. The second-order valence-electron chi connectivity index (χ2n) is 7.82. The number of hydrogen-bond donors (Lipinski definition) is 2. The van der Waals surface area contributed by atoms with Gasteiger partial charge < -0.3 is 10.3 Å². The lowest BCUT2D eigenvalue weighted by Crippen LogP contribution is -2.01. The van der Waals surface area contributed by atoms with Crippen LogP contribution in [0.3, 0.4) is 0 Å². The predicted octanol–water partition coefficient (Wildman–Crippen LogP) is 6.55. The summed E-state index contributed by atoms with van der Waals surface area (Å²) < 4.78 is 0. The van der Waals surface area contributed by atoms with Gasteiger partial charge in [0.15, 0.2) is 0 Å². The van der Waals surface area contributed by atoms with E-state index in [0.717, 1.165) is 39.1 Å². The molecule has 0 radical (unpaired) electrons. The van der Waals surface area contributed by atoms with Crippen LogP contribution >= 0.6 is 0 Å². The Balaban J connectivity index is 1.52. The van der Waals surface area contributed by atoms with Crippen LogP contribution in [-0.2, 0) is 0 Å². The molecule has 0 saturated carbocycles. The molecule has 5 heteroatoms. The molecule has 2 N–H and O–H groups in total. The van der Waals surface area contributed by atoms with Crippen molar-refractivity contribution in [1.29, 1.82) is 0 Å². The Hall–Kier alpha value is -3.99. The van der Waals surface area contributed by atoms with Crippen molar-refractivity contribution in [3.63, 3.8) is 0 Å². The molecular weight excluding hydrogens is 382 g/mol. The predicted molar refractivity (Wildman–Crippen MR) is 126 cm³/mol. The highest BCUT2D eigenvalue weighted by atomic mass is 15.1. The van der Waals surface area contributed by atoms with Crippen LogP contribution in [-0.4, -0.2) is 19.9 Å². The summed E-state index contributed by atoms with van der Waals surface area (Å²) in [6, 6.07) is 22.7. The number of hydrogen-bond acceptors (Lipinski definition) is 4. The van der Waals surface area contributed by atoms with E-state index in [-0.39, 0.29) is 0 Å². The van der Waals surface area contributed by atoms with Crippen molar-refractivity contribution in [1.82, 2.24) is 19.9 Å². The summed E-state index contributed by atoms with van der Waals surface area (Å²) in [5.74, 6) is 0.967. The van der Waals surface area contributed by atoms with Crippen LogP contribution in [0.5, 0.6) is 0 Å². The molecule has 0 unspecified atom stereocenters. The number of fused-ring (bicyclic) bond motifs is 1. The van der Waals surface area contributed by atoms with E-state index in [2.05, 4.69) is 76.6 Å². The van der Waals surface area contributed by atoms with E-state index in [1.165, 1.54) is 5.56 Å². The van der Waals surface area contributed by atoms with Gasteiger partial charge in [-0.3, -0.25) is 4.98 Å². The van der Waals surface area contributed by atoms with Crippen LogP contribution in [0.25, 0.3) is 33.4 Å². The molecule has 152 valence electrons. The molecule has 0 atom stereocenters. The summed E-state index contributed by atoms with van der Waals surface area (Å²) in [4.78, 5) is 17.0. The van der Waals surface area contributed by atoms with Crippen molar-refractivity contribution in [3.05, 3.63) is 90.9 Å². The number of H-pyrrole nitrogens is 1.